The number of benzene rings is 1. The molecule has 11 heavy (non-hydrogen) atoms. The van der Waals surface area contributed by atoms with Gasteiger partial charge in [0, 0.05) is 27.9 Å². The summed E-state index contributed by atoms with van der Waals surface area (Å²) in [6.45, 7) is 0.705. The maximum Gasteiger partial charge on any atom is 0.126 e. The van der Waals surface area contributed by atoms with Crippen LogP contribution in [0.5, 0.6) is 5.75 Å². The second-order valence-corrected chi connectivity index (χ2v) is 2.25. The molecule has 0 saturated heterocycles. The maximum absolute atomic E-state index is 5.34. The van der Waals surface area contributed by atoms with Gasteiger partial charge in [-0.15, -0.1) is 0 Å². The van der Waals surface area contributed by atoms with E-state index >= 15 is 0 Å². The van der Waals surface area contributed by atoms with Crippen molar-refractivity contribution < 1.29 is 27.1 Å². The molecule has 1 aliphatic heterocycles. The summed E-state index contributed by atoms with van der Waals surface area (Å²) in [6, 6.07) is 8.03. The molecule has 0 amide bonds. The molecule has 0 spiro atoms. The molecule has 61 valence electrons. The van der Waals surface area contributed by atoms with Crippen molar-refractivity contribution in [2.45, 2.75) is 0 Å². The predicted octanol–water partition coefficient (Wildman–Crippen LogP) is 2.09. The fraction of sp³-hybridized carbons (Fsp3) is 0.111. The average molecular weight is 240 g/mol. The van der Waals surface area contributed by atoms with Crippen LogP contribution >= 0.6 is 0 Å². The van der Waals surface area contributed by atoms with Gasteiger partial charge in [0.1, 0.15) is 12.4 Å². The zero-order valence-corrected chi connectivity index (χ0v) is 7.36. The van der Waals surface area contributed by atoms with Gasteiger partial charge < -0.3 is 4.74 Å². The van der Waals surface area contributed by atoms with Crippen LogP contribution in [0.4, 0.5) is 0 Å². The first-order valence-electron chi connectivity index (χ1n) is 3.35. The van der Waals surface area contributed by atoms with Crippen LogP contribution in [-0.4, -0.2) is 6.61 Å². The summed E-state index contributed by atoms with van der Waals surface area (Å²) < 4.78 is 5.34. The molecule has 2 rings (SSSR count). The van der Waals surface area contributed by atoms with Gasteiger partial charge in [-0.1, -0.05) is 24.3 Å². The Morgan fingerprint density at radius 3 is 2.82 bits per heavy atom. The third-order valence-corrected chi connectivity index (χ3v) is 1.55. The summed E-state index contributed by atoms with van der Waals surface area (Å²) in [5, 5.41) is 0. The van der Waals surface area contributed by atoms with Crippen molar-refractivity contribution in [1.82, 2.24) is 0 Å². The molecule has 2 heteroatoms. The summed E-state index contributed by atoms with van der Waals surface area (Å²) in [7, 11) is 0. The maximum atomic E-state index is 5.34. The van der Waals surface area contributed by atoms with E-state index < -0.39 is 0 Å². The molecule has 0 atom stereocenters. The molecule has 0 aliphatic carbocycles. The summed E-state index contributed by atoms with van der Waals surface area (Å²) in [5.41, 5.74) is 1.17. The average Bonchev–Trinajstić information content (AvgIpc) is 2.05. The fourth-order valence-corrected chi connectivity index (χ4v) is 1.06. The van der Waals surface area contributed by atoms with E-state index in [1.165, 1.54) is 5.56 Å². The van der Waals surface area contributed by atoms with Gasteiger partial charge in [0.25, 0.3) is 0 Å². The zero-order valence-electron chi connectivity index (χ0n) is 5.88. The molecule has 0 fully saturated rings. The Hall–Kier alpha value is -0.500. The van der Waals surface area contributed by atoms with Crippen LogP contribution in [0.25, 0.3) is 6.08 Å². The van der Waals surface area contributed by atoms with Crippen LogP contribution in [0, 0.1) is 0 Å². The van der Waals surface area contributed by atoms with Crippen molar-refractivity contribution in [1.29, 1.82) is 0 Å². The smallest absolute Gasteiger partial charge is 0.126 e. The number of hydrogen-bond acceptors (Lipinski definition) is 1. The third kappa shape index (κ3) is 1.75. The van der Waals surface area contributed by atoms with Crippen LogP contribution in [-0.2, 0) is 22.4 Å². The van der Waals surface area contributed by atoms with Gasteiger partial charge >= 0.3 is 0 Å². The fourth-order valence-electron chi connectivity index (χ4n) is 1.06. The monoisotopic (exact) mass is 239 g/mol. The van der Waals surface area contributed by atoms with E-state index in [0.717, 1.165) is 5.75 Å². The second kappa shape index (κ2) is 3.77. The summed E-state index contributed by atoms with van der Waals surface area (Å²) in [6.07, 6.45) is 4.10. The van der Waals surface area contributed by atoms with Crippen molar-refractivity contribution >= 4 is 6.08 Å². The summed E-state index contributed by atoms with van der Waals surface area (Å²) in [5.74, 6) is 0.991. The van der Waals surface area contributed by atoms with Crippen molar-refractivity contribution in [2.24, 2.45) is 0 Å². The first-order chi connectivity index (χ1) is 4.97. The summed E-state index contributed by atoms with van der Waals surface area (Å²) in [4.78, 5) is 0. The molecule has 0 saturated carbocycles. The van der Waals surface area contributed by atoms with E-state index in [9.17, 15) is 0 Å². The predicted molar refractivity (Wildman–Crippen MR) is 41.0 cm³/mol. The van der Waals surface area contributed by atoms with Crippen molar-refractivity contribution in [3.8, 4) is 5.75 Å². The Balaban J connectivity index is 0.000000605. The minimum absolute atomic E-state index is 0. The zero-order chi connectivity index (χ0) is 6.81. The number of rotatable bonds is 0. The number of ether oxygens (including phenoxy) is 1. The molecule has 1 aromatic rings. The Morgan fingerprint density at radius 1 is 1.18 bits per heavy atom. The van der Waals surface area contributed by atoms with Gasteiger partial charge in [-0.25, -0.2) is 0 Å². The van der Waals surface area contributed by atoms with E-state index in [2.05, 4.69) is 6.08 Å². The van der Waals surface area contributed by atoms with Gasteiger partial charge in [-0.2, -0.15) is 0 Å². The topological polar surface area (TPSA) is 9.23 Å². The van der Waals surface area contributed by atoms with E-state index in [1.54, 1.807) is 0 Å². The molecule has 1 heterocycles. The van der Waals surface area contributed by atoms with Gasteiger partial charge in [0.15, 0.2) is 0 Å². The minimum Gasteiger partial charge on any atom is -0.489 e. The molecule has 0 aromatic heterocycles. The SMILES string of the molecule is C1=Cc2ccccc2OC1.[Ag]. The first-order valence-corrected chi connectivity index (χ1v) is 3.35. The number of fused-ring (bicyclic) bond motifs is 1. The largest absolute Gasteiger partial charge is 0.489 e. The Labute approximate surface area is 81.6 Å². The van der Waals surface area contributed by atoms with Gasteiger partial charge in [-0.05, 0) is 12.1 Å². The van der Waals surface area contributed by atoms with E-state index in [4.69, 9.17) is 4.74 Å². The molecular formula is C9H8AgO. The Morgan fingerprint density at radius 2 is 2.00 bits per heavy atom. The molecule has 0 N–H and O–H groups in total. The molecule has 0 bridgehead atoms. The van der Waals surface area contributed by atoms with Crippen LogP contribution in [0.15, 0.2) is 30.3 Å². The number of hydrogen-bond donors (Lipinski definition) is 0. The first kappa shape index (κ1) is 8.60. The molecule has 1 aliphatic rings. The summed E-state index contributed by atoms with van der Waals surface area (Å²) >= 11 is 0. The Kier molecular flexibility index (Phi) is 2.94. The van der Waals surface area contributed by atoms with Crippen LogP contribution in [0.2, 0.25) is 0 Å². The van der Waals surface area contributed by atoms with Crippen molar-refractivity contribution in [3.63, 3.8) is 0 Å². The van der Waals surface area contributed by atoms with Gasteiger partial charge in [-0.3, -0.25) is 0 Å². The quantitative estimate of drug-likeness (QED) is 0.631. The van der Waals surface area contributed by atoms with Crippen LogP contribution < -0.4 is 4.74 Å². The van der Waals surface area contributed by atoms with E-state index in [1.807, 2.05) is 30.3 Å². The Bertz CT molecular complexity index is 268. The van der Waals surface area contributed by atoms with Gasteiger partial charge in [0.2, 0.25) is 0 Å². The molecule has 1 radical (unpaired) electrons. The van der Waals surface area contributed by atoms with Crippen molar-refractivity contribution in [3.05, 3.63) is 35.9 Å². The van der Waals surface area contributed by atoms with E-state index in [-0.39, 0.29) is 22.4 Å². The van der Waals surface area contributed by atoms with Crippen LogP contribution in [0.3, 0.4) is 0 Å². The van der Waals surface area contributed by atoms with Crippen LogP contribution in [0.1, 0.15) is 5.56 Å². The third-order valence-electron chi connectivity index (χ3n) is 1.55. The number of para-hydroxylation sites is 1. The minimum atomic E-state index is 0. The molecule has 1 nitrogen and oxygen atoms in total. The van der Waals surface area contributed by atoms with Crippen molar-refractivity contribution in [2.75, 3.05) is 6.61 Å². The second-order valence-electron chi connectivity index (χ2n) is 2.25. The normalized spacial score (nSPS) is 12.7. The standard InChI is InChI=1S/C9H8O.Ag/c1-2-6-9-8(4-1)5-3-7-10-9;/h1-6H,7H2;. The molecular weight excluding hydrogens is 232 g/mol. The molecule has 1 aromatic carbocycles. The molecule has 0 unspecified atom stereocenters. The van der Waals surface area contributed by atoms with Gasteiger partial charge in [0.05, 0.1) is 0 Å². The van der Waals surface area contributed by atoms with E-state index in [0.29, 0.717) is 6.61 Å².